The Morgan fingerprint density at radius 1 is 1.90 bits per heavy atom. The van der Waals surface area contributed by atoms with Crippen molar-refractivity contribution in [3.63, 3.8) is 0 Å². The summed E-state index contributed by atoms with van der Waals surface area (Å²) >= 11 is 0. The fraction of sp³-hybridized carbons (Fsp3) is 0.714. The minimum Gasteiger partial charge on any atom is -0.339 e. The summed E-state index contributed by atoms with van der Waals surface area (Å²) in [5.74, 6) is 0.0894. The van der Waals surface area contributed by atoms with Crippen LogP contribution < -0.4 is 0 Å². The highest BCUT2D eigenvalue weighted by Gasteiger charge is 2.29. The molecule has 1 aliphatic heterocycles. The molecule has 0 bridgehead atoms. The van der Waals surface area contributed by atoms with E-state index in [1.165, 1.54) is 0 Å². The normalized spacial score (nSPS) is 23.2. The van der Waals surface area contributed by atoms with Crippen LogP contribution in [0.1, 0.15) is 19.8 Å². The first-order chi connectivity index (χ1) is 4.75. The van der Waals surface area contributed by atoms with Gasteiger partial charge in [-0.15, -0.1) is 0 Å². The van der Waals surface area contributed by atoms with Crippen LogP contribution in [0.15, 0.2) is 0 Å². The number of hydrogen-bond donors (Lipinski definition) is 0. The summed E-state index contributed by atoms with van der Waals surface area (Å²) in [6, 6.07) is 2.27. The van der Waals surface area contributed by atoms with Crippen molar-refractivity contribution in [1.82, 2.24) is 4.90 Å². The lowest BCUT2D eigenvalue weighted by atomic mass is 10.0. The molecule has 3 heteroatoms. The summed E-state index contributed by atoms with van der Waals surface area (Å²) in [4.78, 5) is 12.5. The second-order valence-electron chi connectivity index (χ2n) is 2.52. The zero-order chi connectivity index (χ0) is 7.56. The summed E-state index contributed by atoms with van der Waals surface area (Å²) in [5.41, 5.74) is 0. The minimum absolute atomic E-state index is 0.0894. The molecular weight excluding hydrogens is 128 g/mol. The Morgan fingerprint density at radius 2 is 2.60 bits per heavy atom. The third-order valence-corrected chi connectivity index (χ3v) is 1.88. The van der Waals surface area contributed by atoms with E-state index >= 15 is 0 Å². The number of amides is 1. The molecule has 0 aliphatic carbocycles. The number of carbonyl (C=O) groups is 1. The first-order valence-electron chi connectivity index (χ1n) is 3.40. The Labute approximate surface area is 60.2 Å². The van der Waals surface area contributed by atoms with Gasteiger partial charge in [-0.1, -0.05) is 0 Å². The summed E-state index contributed by atoms with van der Waals surface area (Å²) in [6.45, 7) is 2.38. The van der Waals surface area contributed by atoms with E-state index in [2.05, 4.69) is 6.07 Å². The van der Waals surface area contributed by atoms with Crippen molar-refractivity contribution < 1.29 is 4.79 Å². The van der Waals surface area contributed by atoms with Gasteiger partial charge in [0.25, 0.3) is 0 Å². The Morgan fingerprint density at radius 3 is 2.90 bits per heavy atom. The summed E-state index contributed by atoms with van der Waals surface area (Å²) in [5, 5.41) is 8.31. The molecule has 0 radical (unpaired) electrons. The van der Waals surface area contributed by atoms with E-state index in [-0.39, 0.29) is 11.9 Å². The van der Waals surface area contributed by atoms with Gasteiger partial charge in [0.15, 0.2) is 0 Å². The van der Waals surface area contributed by atoms with E-state index in [0.717, 1.165) is 13.0 Å². The molecule has 1 amide bonds. The zero-order valence-corrected chi connectivity index (χ0v) is 6.00. The summed E-state index contributed by atoms with van der Waals surface area (Å²) in [7, 11) is 0. The maximum absolute atomic E-state index is 10.7. The van der Waals surface area contributed by atoms with Gasteiger partial charge in [-0.3, -0.25) is 4.79 Å². The Balaban J connectivity index is 2.37. The Hall–Kier alpha value is -1.04. The molecule has 0 N–H and O–H groups in total. The van der Waals surface area contributed by atoms with E-state index in [4.69, 9.17) is 5.26 Å². The van der Waals surface area contributed by atoms with Crippen LogP contribution in [0.3, 0.4) is 0 Å². The molecule has 54 valence electrons. The number of likely N-dealkylation sites (tertiary alicyclic amines) is 1. The van der Waals surface area contributed by atoms with E-state index in [1.54, 1.807) is 11.8 Å². The predicted molar refractivity (Wildman–Crippen MR) is 36.0 cm³/mol. The lowest BCUT2D eigenvalue weighted by Gasteiger charge is -2.38. The first-order valence-corrected chi connectivity index (χ1v) is 3.40. The second-order valence-corrected chi connectivity index (χ2v) is 2.52. The van der Waals surface area contributed by atoms with Crippen LogP contribution in [-0.4, -0.2) is 23.4 Å². The monoisotopic (exact) mass is 138 g/mol. The summed E-state index contributed by atoms with van der Waals surface area (Å²) < 4.78 is 0. The summed E-state index contributed by atoms with van der Waals surface area (Å²) in [6.07, 6.45) is 1.48. The molecule has 1 atom stereocenters. The van der Waals surface area contributed by atoms with Gasteiger partial charge in [-0.05, 0) is 6.42 Å². The number of rotatable bonds is 1. The molecule has 0 saturated carbocycles. The smallest absolute Gasteiger partial charge is 0.219 e. The maximum Gasteiger partial charge on any atom is 0.219 e. The fourth-order valence-corrected chi connectivity index (χ4v) is 1.17. The number of hydrogen-bond acceptors (Lipinski definition) is 2. The largest absolute Gasteiger partial charge is 0.339 e. The van der Waals surface area contributed by atoms with Gasteiger partial charge in [0.05, 0.1) is 12.5 Å². The van der Waals surface area contributed by atoms with Crippen molar-refractivity contribution in [2.75, 3.05) is 6.54 Å². The standard InChI is InChI=1S/C7H10N2O/c1-6(10)9-5-3-7(9)2-4-8/h7H,2-3,5H2,1H3/t7-/m1/s1. The highest BCUT2D eigenvalue weighted by molar-refractivity contribution is 5.74. The molecule has 1 rings (SSSR count). The minimum atomic E-state index is 0.0894. The highest BCUT2D eigenvalue weighted by atomic mass is 16.2. The number of nitrogens with zero attached hydrogens (tertiary/aromatic N) is 2. The van der Waals surface area contributed by atoms with Gasteiger partial charge in [-0.2, -0.15) is 5.26 Å². The molecule has 1 fully saturated rings. The fourth-order valence-electron chi connectivity index (χ4n) is 1.17. The number of nitriles is 1. The van der Waals surface area contributed by atoms with Gasteiger partial charge < -0.3 is 4.90 Å². The second kappa shape index (κ2) is 2.70. The van der Waals surface area contributed by atoms with Gasteiger partial charge in [0.2, 0.25) is 5.91 Å². The lowest BCUT2D eigenvalue weighted by Crippen LogP contribution is -2.49. The average molecular weight is 138 g/mol. The third-order valence-electron chi connectivity index (χ3n) is 1.88. The molecular formula is C7H10N2O. The van der Waals surface area contributed by atoms with Crippen molar-refractivity contribution in [2.45, 2.75) is 25.8 Å². The molecule has 0 spiro atoms. The SMILES string of the molecule is CC(=O)N1CC[C@H]1CC#N. The van der Waals surface area contributed by atoms with Crippen molar-refractivity contribution in [1.29, 1.82) is 5.26 Å². The van der Waals surface area contributed by atoms with Gasteiger partial charge >= 0.3 is 0 Å². The molecule has 1 heterocycles. The highest BCUT2D eigenvalue weighted by Crippen LogP contribution is 2.19. The van der Waals surface area contributed by atoms with Crippen molar-refractivity contribution in [3.05, 3.63) is 0 Å². The van der Waals surface area contributed by atoms with Crippen LogP contribution in [0.25, 0.3) is 0 Å². The molecule has 1 saturated heterocycles. The van der Waals surface area contributed by atoms with Crippen LogP contribution in [0.2, 0.25) is 0 Å². The lowest BCUT2D eigenvalue weighted by molar-refractivity contribution is -0.136. The molecule has 0 aromatic rings. The molecule has 0 aromatic carbocycles. The van der Waals surface area contributed by atoms with Crippen LogP contribution >= 0.6 is 0 Å². The molecule has 0 aromatic heterocycles. The Kier molecular flexibility index (Phi) is 1.91. The van der Waals surface area contributed by atoms with E-state index < -0.39 is 0 Å². The molecule has 10 heavy (non-hydrogen) atoms. The van der Waals surface area contributed by atoms with Crippen LogP contribution in [0, 0.1) is 11.3 Å². The van der Waals surface area contributed by atoms with E-state index in [1.807, 2.05) is 0 Å². The maximum atomic E-state index is 10.7. The zero-order valence-electron chi connectivity index (χ0n) is 6.00. The average Bonchev–Trinajstić information content (AvgIpc) is 1.78. The van der Waals surface area contributed by atoms with Gasteiger partial charge in [0, 0.05) is 19.5 Å². The van der Waals surface area contributed by atoms with Crippen molar-refractivity contribution in [3.8, 4) is 6.07 Å². The number of carbonyl (C=O) groups excluding carboxylic acids is 1. The van der Waals surface area contributed by atoms with Crippen LogP contribution in [-0.2, 0) is 4.79 Å². The van der Waals surface area contributed by atoms with Gasteiger partial charge in [0.1, 0.15) is 0 Å². The molecule has 0 unspecified atom stereocenters. The van der Waals surface area contributed by atoms with Crippen molar-refractivity contribution >= 4 is 5.91 Å². The van der Waals surface area contributed by atoms with Gasteiger partial charge in [-0.25, -0.2) is 0 Å². The molecule has 1 aliphatic rings. The van der Waals surface area contributed by atoms with Crippen LogP contribution in [0.4, 0.5) is 0 Å². The van der Waals surface area contributed by atoms with E-state index in [9.17, 15) is 4.79 Å². The third kappa shape index (κ3) is 1.10. The predicted octanol–water partition coefficient (Wildman–Crippen LogP) is 0.521. The quantitative estimate of drug-likeness (QED) is 0.530. The van der Waals surface area contributed by atoms with Crippen molar-refractivity contribution in [2.24, 2.45) is 0 Å². The van der Waals surface area contributed by atoms with E-state index in [0.29, 0.717) is 6.42 Å². The first kappa shape index (κ1) is 7.07. The Bertz CT molecular complexity index is 183. The topological polar surface area (TPSA) is 44.1 Å². The molecule has 3 nitrogen and oxygen atoms in total. The van der Waals surface area contributed by atoms with Crippen LogP contribution in [0.5, 0.6) is 0 Å².